The van der Waals surface area contributed by atoms with E-state index in [1.807, 2.05) is 0 Å². The van der Waals surface area contributed by atoms with E-state index in [4.69, 9.17) is 0 Å². The molecule has 0 N–H and O–H groups in total. The third-order valence-electron chi connectivity index (χ3n) is 5.43. The van der Waals surface area contributed by atoms with Crippen LogP contribution in [0.15, 0.2) is 12.2 Å². The van der Waals surface area contributed by atoms with E-state index in [2.05, 4.69) is 28.9 Å². The van der Waals surface area contributed by atoms with Gasteiger partial charge in [-0.3, -0.25) is 19.4 Å². The Balaban J connectivity index is 1.39. The van der Waals surface area contributed by atoms with E-state index >= 15 is 0 Å². The predicted octanol–water partition coefficient (Wildman–Crippen LogP) is 0.893. The first-order valence-corrected chi connectivity index (χ1v) is 7.97. The molecule has 2 aliphatic heterocycles. The Kier molecular flexibility index (Phi) is 3.11. The van der Waals surface area contributed by atoms with E-state index in [0.717, 1.165) is 26.1 Å². The molecular weight excluding hydrogens is 264 g/mol. The van der Waals surface area contributed by atoms with Crippen molar-refractivity contribution in [1.29, 1.82) is 0 Å². The Morgan fingerprint density at radius 2 is 1.52 bits per heavy atom. The molecule has 4 nitrogen and oxygen atoms in total. The van der Waals surface area contributed by atoms with Crippen LogP contribution in [-0.4, -0.2) is 47.8 Å². The highest BCUT2D eigenvalue weighted by Crippen LogP contribution is 2.52. The minimum absolute atomic E-state index is 0.0114. The van der Waals surface area contributed by atoms with Crippen LogP contribution in [-0.2, 0) is 9.59 Å². The fourth-order valence-electron chi connectivity index (χ4n) is 4.36. The molecular formula is C17H20N2O2. The molecule has 21 heavy (non-hydrogen) atoms. The number of carbonyl (C=O) groups excluding carboxylic acids is 2. The Morgan fingerprint density at radius 1 is 0.952 bits per heavy atom. The van der Waals surface area contributed by atoms with Gasteiger partial charge in [0.15, 0.2) is 0 Å². The van der Waals surface area contributed by atoms with Gasteiger partial charge in [-0.1, -0.05) is 24.0 Å². The van der Waals surface area contributed by atoms with Gasteiger partial charge in [-0.05, 0) is 44.2 Å². The fraction of sp³-hybridized carbons (Fsp3) is 0.647. The number of amides is 2. The van der Waals surface area contributed by atoms with Crippen LogP contribution in [0.5, 0.6) is 0 Å². The highest BCUT2D eigenvalue weighted by Gasteiger charge is 2.58. The Hall–Kier alpha value is -1.60. The zero-order chi connectivity index (χ0) is 14.4. The van der Waals surface area contributed by atoms with Crippen molar-refractivity contribution in [3.63, 3.8) is 0 Å². The molecule has 2 heterocycles. The van der Waals surface area contributed by atoms with E-state index in [9.17, 15) is 9.59 Å². The molecule has 2 amide bonds. The van der Waals surface area contributed by atoms with Gasteiger partial charge in [0.2, 0.25) is 11.8 Å². The largest absolute Gasteiger partial charge is 0.292 e. The molecule has 0 aromatic heterocycles. The van der Waals surface area contributed by atoms with Gasteiger partial charge in [-0.15, -0.1) is 0 Å². The molecule has 3 fully saturated rings. The summed E-state index contributed by atoms with van der Waals surface area (Å²) < 4.78 is 0. The second-order valence-corrected chi connectivity index (χ2v) is 6.60. The number of rotatable bonds is 2. The van der Waals surface area contributed by atoms with Crippen molar-refractivity contribution in [2.45, 2.75) is 19.3 Å². The lowest BCUT2D eigenvalue weighted by Gasteiger charge is -2.14. The highest BCUT2D eigenvalue weighted by molar-refractivity contribution is 6.06. The predicted molar refractivity (Wildman–Crippen MR) is 77.9 cm³/mol. The zero-order valence-corrected chi connectivity index (χ0v) is 12.1. The van der Waals surface area contributed by atoms with Gasteiger partial charge in [0, 0.05) is 0 Å². The molecule has 0 aromatic rings. The third-order valence-corrected chi connectivity index (χ3v) is 5.43. The smallest absolute Gasteiger partial charge is 0.234 e. The van der Waals surface area contributed by atoms with Crippen LogP contribution in [0, 0.1) is 35.5 Å². The molecule has 4 rings (SSSR count). The quantitative estimate of drug-likeness (QED) is 0.430. The maximum absolute atomic E-state index is 12.4. The molecule has 110 valence electrons. The number of hydrogen-bond donors (Lipinski definition) is 0. The van der Waals surface area contributed by atoms with Gasteiger partial charge in [0.05, 0.1) is 24.9 Å². The topological polar surface area (TPSA) is 40.6 Å². The summed E-state index contributed by atoms with van der Waals surface area (Å²) in [5, 5.41) is 0. The minimum atomic E-state index is -0.0899. The number of likely N-dealkylation sites (tertiary alicyclic amines) is 2. The van der Waals surface area contributed by atoms with Crippen molar-refractivity contribution < 1.29 is 9.59 Å². The number of allylic oxidation sites excluding steroid dienone is 2. The summed E-state index contributed by atoms with van der Waals surface area (Å²) in [6, 6.07) is 0. The molecule has 0 aromatic carbocycles. The molecule has 4 atom stereocenters. The molecule has 4 unspecified atom stereocenters. The number of nitrogens with zero attached hydrogens (tertiary/aromatic N) is 2. The molecule has 0 spiro atoms. The first kappa shape index (κ1) is 13.1. The maximum Gasteiger partial charge on any atom is 0.234 e. The first-order chi connectivity index (χ1) is 10.3. The average molecular weight is 284 g/mol. The Morgan fingerprint density at radius 3 is 2.14 bits per heavy atom. The number of carbonyl (C=O) groups is 2. The fourth-order valence-corrected chi connectivity index (χ4v) is 4.36. The summed E-state index contributed by atoms with van der Waals surface area (Å²) in [7, 11) is 0. The average Bonchev–Trinajstić information content (AvgIpc) is 3.23. The van der Waals surface area contributed by atoms with Crippen LogP contribution < -0.4 is 0 Å². The molecule has 2 bridgehead atoms. The molecule has 2 saturated heterocycles. The van der Waals surface area contributed by atoms with Gasteiger partial charge >= 0.3 is 0 Å². The van der Waals surface area contributed by atoms with Crippen LogP contribution in [0.3, 0.4) is 0 Å². The summed E-state index contributed by atoms with van der Waals surface area (Å²) in [6.45, 7) is 3.28. The van der Waals surface area contributed by atoms with Gasteiger partial charge in [0.1, 0.15) is 0 Å². The lowest BCUT2D eigenvalue weighted by atomic mass is 9.85. The van der Waals surface area contributed by atoms with Crippen LogP contribution in [0.2, 0.25) is 0 Å². The van der Waals surface area contributed by atoms with E-state index in [1.54, 1.807) is 0 Å². The van der Waals surface area contributed by atoms with Crippen molar-refractivity contribution in [2.24, 2.45) is 23.7 Å². The standard InChI is InChI=1S/C17H20N2O2/c20-16-14-12-5-6-13(11-12)15(14)17(21)19(16)10-4-3-9-18-7-1-2-8-18/h5-6,12-15H,1-2,7-11H2. The van der Waals surface area contributed by atoms with E-state index in [1.165, 1.54) is 17.7 Å². The summed E-state index contributed by atoms with van der Waals surface area (Å²) in [4.78, 5) is 28.6. The first-order valence-electron chi connectivity index (χ1n) is 7.97. The van der Waals surface area contributed by atoms with E-state index in [-0.39, 0.29) is 30.2 Å². The van der Waals surface area contributed by atoms with Gasteiger partial charge in [0.25, 0.3) is 0 Å². The van der Waals surface area contributed by atoms with Crippen LogP contribution in [0.25, 0.3) is 0 Å². The second-order valence-electron chi connectivity index (χ2n) is 6.60. The summed E-state index contributed by atoms with van der Waals surface area (Å²) in [5.74, 6) is 6.56. The Bertz CT molecular complexity index is 535. The molecule has 1 saturated carbocycles. The lowest BCUT2D eigenvalue weighted by molar-refractivity contribution is -0.139. The second kappa shape index (κ2) is 4.99. The maximum atomic E-state index is 12.4. The zero-order valence-electron chi connectivity index (χ0n) is 12.1. The summed E-state index contributed by atoms with van der Waals surface area (Å²) >= 11 is 0. The van der Waals surface area contributed by atoms with Crippen molar-refractivity contribution in [3.05, 3.63) is 12.2 Å². The van der Waals surface area contributed by atoms with Crippen molar-refractivity contribution >= 4 is 11.8 Å². The lowest BCUT2D eigenvalue weighted by Crippen LogP contribution is -2.33. The summed E-state index contributed by atoms with van der Waals surface area (Å²) in [5.41, 5.74) is 0. The number of hydrogen-bond acceptors (Lipinski definition) is 3. The normalized spacial score (nSPS) is 37.2. The van der Waals surface area contributed by atoms with Crippen LogP contribution in [0.1, 0.15) is 19.3 Å². The van der Waals surface area contributed by atoms with Gasteiger partial charge in [-0.25, -0.2) is 0 Å². The highest BCUT2D eigenvalue weighted by atomic mass is 16.2. The number of fused-ring (bicyclic) bond motifs is 5. The van der Waals surface area contributed by atoms with Crippen molar-refractivity contribution in [2.75, 3.05) is 26.2 Å². The number of imide groups is 1. The van der Waals surface area contributed by atoms with Gasteiger partial charge in [-0.2, -0.15) is 0 Å². The molecule has 4 heteroatoms. The molecule has 0 radical (unpaired) electrons. The molecule has 2 aliphatic carbocycles. The molecule has 4 aliphatic rings. The van der Waals surface area contributed by atoms with Gasteiger partial charge < -0.3 is 0 Å². The van der Waals surface area contributed by atoms with Crippen LogP contribution >= 0.6 is 0 Å². The Labute approximate surface area is 125 Å². The van der Waals surface area contributed by atoms with E-state index < -0.39 is 0 Å². The SMILES string of the molecule is O=C1C2C3C=CC(C3)C2C(=O)N1CC#CCN1CCCC1. The minimum Gasteiger partial charge on any atom is -0.292 e. The van der Waals surface area contributed by atoms with Crippen molar-refractivity contribution in [3.8, 4) is 11.8 Å². The van der Waals surface area contributed by atoms with E-state index in [0.29, 0.717) is 11.8 Å². The monoisotopic (exact) mass is 284 g/mol. The van der Waals surface area contributed by atoms with Crippen molar-refractivity contribution in [1.82, 2.24) is 9.80 Å². The van der Waals surface area contributed by atoms with Crippen LogP contribution in [0.4, 0.5) is 0 Å². The summed E-state index contributed by atoms with van der Waals surface area (Å²) in [6.07, 6.45) is 7.74. The third kappa shape index (κ3) is 2.03.